The zero-order valence-corrected chi connectivity index (χ0v) is 10.9. The lowest BCUT2D eigenvalue weighted by Crippen LogP contribution is -2.44. The molecule has 4 nitrogen and oxygen atoms in total. The quantitative estimate of drug-likeness (QED) is 0.841. The summed E-state index contributed by atoms with van der Waals surface area (Å²) in [6, 6.07) is 4.19. The Bertz CT molecular complexity index is 404. The average molecular weight is 253 g/mol. The highest BCUT2D eigenvalue weighted by Crippen LogP contribution is 2.32. The van der Waals surface area contributed by atoms with Gasteiger partial charge in [-0.1, -0.05) is 0 Å². The fraction of sp³-hybridized carbons (Fsp3) is 0.583. The molecule has 2 rings (SSSR count). The summed E-state index contributed by atoms with van der Waals surface area (Å²) in [6.45, 7) is 3.52. The van der Waals surface area contributed by atoms with Gasteiger partial charge in [0.2, 0.25) is 5.91 Å². The van der Waals surface area contributed by atoms with Crippen molar-refractivity contribution in [1.82, 2.24) is 4.90 Å². The first-order chi connectivity index (χ1) is 8.13. The molecule has 2 atom stereocenters. The molecule has 1 aliphatic heterocycles. The number of thiophene rings is 1. The Hall–Kier alpha value is -0.910. The first kappa shape index (κ1) is 12.5. The van der Waals surface area contributed by atoms with E-state index in [1.165, 1.54) is 9.75 Å². The van der Waals surface area contributed by atoms with Crippen LogP contribution >= 0.6 is 11.3 Å². The van der Waals surface area contributed by atoms with Crippen LogP contribution in [0, 0.1) is 6.92 Å². The highest BCUT2D eigenvalue weighted by atomic mass is 32.1. The summed E-state index contributed by atoms with van der Waals surface area (Å²) in [5, 5.41) is 0. The van der Waals surface area contributed by atoms with Crippen molar-refractivity contribution < 1.29 is 4.79 Å². The molecule has 0 aliphatic carbocycles. The molecular formula is C12H19N3OS. The number of likely N-dealkylation sites (tertiary alicyclic amines) is 1. The zero-order chi connectivity index (χ0) is 12.4. The maximum Gasteiger partial charge on any atom is 0.234 e. The van der Waals surface area contributed by atoms with Gasteiger partial charge in [-0.15, -0.1) is 11.3 Å². The number of primary amides is 1. The van der Waals surface area contributed by atoms with Gasteiger partial charge in [0.25, 0.3) is 0 Å². The highest BCUT2D eigenvalue weighted by Gasteiger charge is 2.34. The second-order valence-corrected chi connectivity index (χ2v) is 5.82. The van der Waals surface area contributed by atoms with E-state index in [1.807, 2.05) is 0 Å². The van der Waals surface area contributed by atoms with Crippen molar-refractivity contribution in [2.45, 2.75) is 31.8 Å². The SMILES string of the molecule is Cc1ccc(C(CN)N2CCCC2C(N)=O)s1. The van der Waals surface area contributed by atoms with Gasteiger partial charge in [-0.25, -0.2) is 0 Å². The molecule has 1 aromatic heterocycles. The molecule has 5 heteroatoms. The van der Waals surface area contributed by atoms with Crippen molar-refractivity contribution in [3.63, 3.8) is 0 Å². The number of aryl methyl sites for hydroxylation is 1. The Kier molecular flexibility index (Phi) is 3.81. The molecule has 1 saturated heterocycles. The normalized spacial score (nSPS) is 22.8. The monoisotopic (exact) mass is 253 g/mol. The number of carbonyl (C=O) groups excluding carboxylic acids is 1. The van der Waals surface area contributed by atoms with Crippen LogP contribution in [0.5, 0.6) is 0 Å². The summed E-state index contributed by atoms with van der Waals surface area (Å²) in [5.41, 5.74) is 11.3. The lowest BCUT2D eigenvalue weighted by atomic mass is 10.1. The minimum Gasteiger partial charge on any atom is -0.368 e. The van der Waals surface area contributed by atoms with Gasteiger partial charge in [-0.2, -0.15) is 0 Å². The van der Waals surface area contributed by atoms with Gasteiger partial charge < -0.3 is 11.5 Å². The molecule has 0 radical (unpaired) electrons. The van der Waals surface area contributed by atoms with Crippen LogP contribution in [0.2, 0.25) is 0 Å². The molecule has 0 spiro atoms. The van der Waals surface area contributed by atoms with Crippen molar-refractivity contribution in [3.8, 4) is 0 Å². The molecule has 94 valence electrons. The average Bonchev–Trinajstić information content (AvgIpc) is 2.89. The number of amides is 1. The van der Waals surface area contributed by atoms with Crippen molar-refractivity contribution in [2.24, 2.45) is 11.5 Å². The van der Waals surface area contributed by atoms with Gasteiger partial charge in [0, 0.05) is 16.3 Å². The molecule has 1 fully saturated rings. The van der Waals surface area contributed by atoms with Gasteiger partial charge in [0.05, 0.1) is 12.1 Å². The van der Waals surface area contributed by atoms with Gasteiger partial charge in [-0.3, -0.25) is 9.69 Å². The molecular weight excluding hydrogens is 234 g/mol. The predicted octanol–water partition coefficient (Wildman–Crippen LogP) is 1.01. The van der Waals surface area contributed by atoms with E-state index in [0.29, 0.717) is 6.54 Å². The molecule has 0 bridgehead atoms. The van der Waals surface area contributed by atoms with Crippen molar-refractivity contribution >= 4 is 17.2 Å². The van der Waals surface area contributed by atoms with E-state index >= 15 is 0 Å². The van der Waals surface area contributed by atoms with Gasteiger partial charge in [0.1, 0.15) is 0 Å². The fourth-order valence-corrected chi connectivity index (χ4v) is 3.53. The molecule has 2 unspecified atom stereocenters. The lowest BCUT2D eigenvalue weighted by molar-refractivity contribution is -0.122. The first-order valence-electron chi connectivity index (χ1n) is 5.95. The molecule has 1 amide bonds. The van der Waals surface area contributed by atoms with Crippen LogP contribution < -0.4 is 11.5 Å². The minimum atomic E-state index is -0.228. The van der Waals surface area contributed by atoms with Gasteiger partial charge in [0.15, 0.2) is 0 Å². The third-order valence-electron chi connectivity index (χ3n) is 3.34. The van der Waals surface area contributed by atoms with Crippen LogP contribution in [0.1, 0.15) is 28.6 Å². The van der Waals surface area contributed by atoms with Crippen molar-refractivity contribution in [1.29, 1.82) is 0 Å². The van der Waals surface area contributed by atoms with Crippen LogP contribution in [0.3, 0.4) is 0 Å². The fourth-order valence-electron chi connectivity index (χ4n) is 2.52. The number of rotatable bonds is 4. The van der Waals surface area contributed by atoms with E-state index in [0.717, 1.165) is 19.4 Å². The second-order valence-electron chi connectivity index (χ2n) is 4.50. The lowest BCUT2D eigenvalue weighted by Gasteiger charge is -2.29. The molecule has 2 heterocycles. The van der Waals surface area contributed by atoms with E-state index in [9.17, 15) is 4.79 Å². The number of carbonyl (C=O) groups is 1. The number of hydrogen-bond acceptors (Lipinski definition) is 4. The van der Waals surface area contributed by atoms with Crippen LogP contribution in [-0.4, -0.2) is 29.9 Å². The molecule has 0 aromatic carbocycles. The Balaban J connectivity index is 2.20. The maximum absolute atomic E-state index is 11.4. The zero-order valence-electron chi connectivity index (χ0n) is 10.1. The predicted molar refractivity (Wildman–Crippen MR) is 69.8 cm³/mol. The summed E-state index contributed by atoms with van der Waals surface area (Å²) < 4.78 is 0. The third-order valence-corrected chi connectivity index (χ3v) is 4.44. The maximum atomic E-state index is 11.4. The number of nitrogens with two attached hydrogens (primary N) is 2. The third kappa shape index (κ3) is 2.51. The van der Waals surface area contributed by atoms with E-state index in [2.05, 4.69) is 24.0 Å². The van der Waals surface area contributed by atoms with E-state index in [1.54, 1.807) is 11.3 Å². The molecule has 0 saturated carbocycles. The van der Waals surface area contributed by atoms with Gasteiger partial charge >= 0.3 is 0 Å². The first-order valence-corrected chi connectivity index (χ1v) is 6.76. The van der Waals surface area contributed by atoms with Crippen LogP contribution in [0.15, 0.2) is 12.1 Å². The Morgan fingerprint density at radius 1 is 1.65 bits per heavy atom. The molecule has 1 aromatic rings. The summed E-state index contributed by atoms with van der Waals surface area (Å²) in [6.07, 6.45) is 1.88. The Morgan fingerprint density at radius 2 is 2.41 bits per heavy atom. The smallest absolute Gasteiger partial charge is 0.234 e. The number of nitrogens with zero attached hydrogens (tertiary/aromatic N) is 1. The summed E-state index contributed by atoms with van der Waals surface area (Å²) in [7, 11) is 0. The van der Waals surface area contributed by atoms with E-state index in [-0.39, 0.29) is 18.0 Å². The minimum absolute atomic E-state index is 0.133. The van der Waals surface area contributed by atoms with Gasteiger partial charge in [-0.05, 0) is 38.4 Å². The Morgan fingerprint density at radius 3 is 2.94 bits per heavy atom. The van der Waals surface area contributed by atoms with Crippen molar-refractivity contribution in [3.05, 3.63) is 21.9 Å². The molecule has 4 N–H and O–H groups in total. The largest absolute Gasteiger partial charge is 0.368 e. The van der Waals surface area contributed by atoms with Crippen molar-refractivity contribution in [2.75, 3.05) is 13.1 Å². The molecule has 1 aliphatic rings. The van der Waals surface area contributed by atoms with Crippen LogP contribution in [0.4, 0.5) is 0 Å². The van der Waals surface area contributed by atoms with Crippen LogP contribution in [0.25, 0.3) is 0 Å². The standard InChI is InChI=1S/C12H19N3OS/c1-8-4-5-11(17-8)10(7-13)15-6-2-3-9(15)12(14)16/h4-5,9-10H,2-3,6-7,13H2,1H3,(H2,14,16). The highest BCUT2D eigenvalue weighted by molar-refractivity contribution is 7.12. The topological polar surface area (TPSA) is 72.3 Å². The van der Waals surface area contributed by atoms with E-state index in [4.69, 9.17) is 11.5 Å². The van der Waals surface area contributed by atoms with Crippen LogP contribution in [-0.2, 0) is 4.79 Å². The summed E-state index contributed by atoms with van der Waals surface area (Å²) in [5.74, 6) is -0.228. The second kappa shape index (κ2) is 5.16. The molecule has 17 heavy (non-hydrogen) atoms. The summed E-state index contributed by atoms with van der Waals surface area (Å²) in [4.78, 5) is 16.1. The number of hydrogen-bond donors (Lipinski definition) is 2. The summed E-state index contributed by atoms with van der Waals surface area (Å²) >= 11 is 1.75. The van der Waals surface area contributed by atoms with E-state index < -0.39 is 0 Å². The Labute approximate surface area is 106 Å².